The van der Waals surface area contributed by atoms with E-state index in [4.69, 9.17) is 9.47 Å². The number of ether oxygens (including phenoxy) is 2. The minimum Gasteiger partial charge on any atom is -0.489 e. The number of ketones is 1. The van der Waals surface area contributed by atoms with Gasteiger partial charge in [-0.15, -0.1) is 0 Å². The van der Waals surface area contributed by atoms with Crippen molar-refractivity contribution < 1.29 is 14.3 Å². The van der Waals surface area contributed by atoms with Crippen LogP contribution in [0.25, 0.3) is 0 Å². The molecular formula is C18H20O3. The zero-order chi connectivity index (χ0) is 15.1. The first kappa shape index (κ1) is 15.1. The molecule has 0 saturated carbocycles. The molecule has 0 spiro atoms. The van der Waals surface area contributed by atoms with E-state index in [0.29, 0.717) is 18.8 Å². The molecule has 110 valence electrons. The second-order valence-electron chi connectivity index (χ2n) is 4.83. The first-order valence-electron chi connectivity index (χ1n) is 7.15. The van der Waals surface area contributed by atoms with E-state index in [-0.39, 0.29) is 5.78 Å². The first-order chi connectivity index (χ1) is 10.2. The summed E-state index contributed by atoms with van der Waals surface area (Å²) in [6.45, 7) is 4.14. The molecule has 0 aliphatic heterocycles. The molecule has 0 heterocycles. The maximum absolute atomic E-state index is 11.5. The van der Waals surface area contributed by atoms with Crippen LogP contribution in [0, 0.1) is 0 Å². The molecule has 3 nitrogen and oxygen atoms in total. The molecule has 0 aliphatic rings. The second-order valence-corrected chi connectivity index (χ2v) is 4.83. The summed E-state index contributed by atoms with van der Waals surface area (Å²) in [7, 11) is 0. The van der Waals surface area contributed by atoms with Crippen molar-refractivity contribution in [1.29, 1.82) is 0 Å². The van der Waals surface area contributed by atoms with E-state index >= 15 is 0 Å². The third-order valence-electron chi connectivity index (χ3n) is 3.19. The van der Waals surface area contributed by atoms with Crippen molar-refractivity contribution in [3.05, 3.63) is 60.2 Å². The van der Waals surface area contributed by atoms with E-state index in [2.05, 4.69) is 0 Å². The topological polar surface area (TPSA) is 35.5 Å². The monoisotopic (exact) mass is 284 g/mol. The maximum Gasteiger partial charge on any atom is 0.172 e. The normalized spacial score (nSPS) is 11.7. The van der Waals surface area contributed by atoms with Crippen LogP contribution in [-0.4, -0.2) is 11.9 Å². The predicted octanol–water partition coefficient (Wildman–Crippen LogP) is 4.01. The molecule has 1 atom stereocenters. The highest BCUT2D eigenvalue weighted by molar-refractivity contribution is 5.82. The summed E-state index contributed by atoms with van der Waals surface area (Å²) >= 11 is 0. The van der Waals surface area contributed by atoms with Gasteiger partial charge in [0.15, 0.2) is 11.9 Å². The number of carbonyl (C=O) groups excluding carboxylic acids is 1. The molecule has 2 rings (SSSR count). The molecule has 0 aliphatic carbocycles. The summed E-state index contributed by atoms with van der Waals surface area (Å²) < 4.78 is 11.3. The number of hydrogen-bond acceptors (Lipinski definition) is 3. The van der Waals surface area contributed by atoms with E-state index in [9.17, 15) is 4.79 Å². The van der Waals surface area contributed by atoms with Crippen molar-refractivity contribution in [3.63, 3.8) is 0 Å². The SMILES string of the molecule is CCC(=O)C(C)Oc1ccc(OCc2ccccc2)cc1. The maximum atomic E-state index is 11.5. The van der Waals surface area contributed by atoms with Crippen LogP contribution in [-0.2, 0) is 11.4 Å². The van der Waals surface area contributed by atoms with E-state index in [1.807, 2.05) is 61.5 Å². The van der Waals surface area contributed by atoms with Crippen LogP contribution in [0.3, 0.4) is 0 Å². The Bertz CT molecular complexity index is 561. The highest BCUT2D eigenvalue weighted by atomic mass is 16.5. The van der Waals surface area contributed by atoms with Crippen LogP contribution >= 0.6 is 0 Å². The Morgan fingerprint density at radius 3 is 2.24 bits per heavy atom. The van der Waals surface area contributed by atoms with Gasteiger partial charge in [0.25, 0.3) is 0 Å². The van der Waals surface area contributed by atoms with E-state index in [0.717, 1.165) is 11.3 Å². The molecule has 2 aromatic rings. The molecule has 2 aromatic carbocycles. The number of hydrogen-bond donors (Lipinski definition) is 0. The van der Waals surface area contributed by atoms with Crippen molar-refractivity contribution in [3.8, 4) is 11.5 Å². The highest BCUT2D eigenvalue weighted by Gasteiger charge is 2.11. The van der Waals surface area contributed by atoms with Crippen LogP contribution in [0.15, 0.2) is 54.6 Å². The van der Waals surface area contributed by atoms with Gasteiger partial charge >= 0.3 is 0 Å². The van der Waals surface area contributed by atoms with Crippen LogP contribution in [0.1, 0.15) is 25.8 Å². The molecule has 0 aromatic heterocycles. The van der Waals surface area contributed by atoms with Crippen LogP contribution in [0.4, 0.5) is 0 Å². The first-order valence-corrected chi connectivity index (χ1v) is 7.15. The minimum atomic E-state index is -0.411. The lowest BCUT2D eigenvalue weighted by Crippen LogP contribution is -2.22. The molecule has 0 saturated heterocycles. The molecule has 3 heteroatoms. The van der Waals surface area contributed by atoms with Gasteiger partial charge in [0.1, 0.15) is 18.1 Å². The van der Waals surface area contributed by atoms with Crippen LogP contribution in [0.2, 0.25) is 0 Å². The van der Waals surface area contributed by atoms with Gasteiger partial charge in [-0.3, -0.25) is 4.79 Å². The smallest absolute Gasteiger partial charge is 0.172 e. The fourth-order valence-corrected chi connectivity index (χ4v) is 1.91. The molecule has 21 heavy (non-hydrogen) atoms. The van der Waals surface area contributed by atoms with E-state index < -0.39 is 6.10 Å². The zero-order valence-electron chi connectivity index (χ0n) is 12.4. The fourth-order valence-electron chi connectivity index (χ4n) is 1.91. The summed E-state index contributed by atoms with van der Waals surface area (Å²) in [4.78, 5) is 11.5. The number of benzene rings is 2. The van der Waals surface area contributed by atoms with Gasteiger partial charge < -0.3 is 9.47 Å². The molecule has 1 unspecified atom stereocenters. The Labute approximate surface area is 125 Å². The highest BCUT2D eigenvalue weighted by Crippen LogP contribution is 2.20. The van der Waals surface area contributed by atoms with Gasteiger partial charge in [0.2, 0.25) is 0 Å². The lowest BCUT2D eigenvalue weighted by atomic mass is 10.2. The van der Waals surface area contributed by atoms with Crippen molar-refractivity contribution in [2.45, 2.75) is 33.0 Å². The van der Waals surface area contributed by atoms with Crippen LogP contribution in [0.5, 0.6) is 11.5 Å². The Morgan fingerprint density at radius 1 is 1.00 bits per heavy atom. The third-order valence-corrected chi connectivity index (χ3v) is 3.19. The third kappa shape index (κ3) is 4.63. The van der Waals surface area contributed by atoms with Gasteiger partial charge in [-0.05, 0) is 36.8 Å². The van der Waals surface area contributed by atoms with Crippen molar-refractivity contribution in [2.24, 2.45) is 0 Å². The molecule has 0 bridgehead atoms. The van der Waals surface area contributed by atoms with E-state index in [1.54, 1.807) is 6.92 Å². The molecule has 0 radical (unpaired) electrons. The Morgan fingerprint density at radius 2 is 1.62 bits per heavy atom. The lowest BCUT2D eigenvalue weighted by molar-refractivity contribution is -0.124. The Balaban J connectivity index is 1.88. The molecular weight excluding hydrogens is 264 g/mol. The van der Waals surface area contributed by atoms with Crippen molar-refractivity contribution in [1.82, 2.24) is 0 Å². The molecule has 0 amide bonds. The van der Waals surface area contributed by atoms with Crippen molar-refractivity contribution in [2.75, 3.05) is 0 Å². The Kier molecular flexibility index (Phi) is 5.38. The van der Waals surface area contributed by atoms with Crippen molar-refractivity contribution >= 4 is 5.78 Å². The molecule has 0 fully saturated rings. The van der Waals surface area contributed by atoms with Gasteiger partial charge in [0.05, 0.1) is 0 Å². The minimum absolute atomic E-state index is 0.0967. The summed E-state index contributed by atoms with van der Waals surface area (Å²) in [5, 5.41) is 0. The second kappa shape index (κ2) is 7.48. The quantitative estimate of drug-likeness (QED) is 0.770. The number of Topliss-reactive ketones (excluding diaryl/α,β-unsaturated/α-hetero) is 1. The van der Waals surface area contributed by atoms with Gasteiger partial charge in [-0.2, -0.15) is 0 Å². The number of rotatable bonds is 7. The molecule has 0 N–H and O–H groups in total. The average Bonchev–Trinajstić information content (AvgIpc) is 2.54. The van der Waals surface area contributed by atoms with Crippen LogP contribution < -0.4 is 9.47 Å². The standard InChI is InChI=1S/C18H20O3/c1-3-18(19)14(2)21-17-11-9-16(10-12-17)20-13-15-7-5-4-6-8-15/h4-12,14H,3,13H2,1-2H3. The fraction of sp³-hybridized carbons (Fsp3) is 0.278. The summed E-state index contributed by atoms with van der Waals surface area (Å²) in [5.74, 6) is 1.55. The summed E-state index contributed by atoms with van der Waals surface area (Å²) in [6.07, 6.45) is 0.0745. The Hall–Kier alpha value is -2.29. The largest absolute Gasteiger partial charge is 0.489 e. The van der Waals surface area contributed by atoms with Gasteiger partial charge in [0, 0.05) is 6.42 Å². The van der Waals surface area contributed by atoms with Gasteiger partial charge in [-0.1, -0.05) is 37.3 Å². The predicted molar refractivity (Wildman–Crippen MR) is 82.6 cm³/mol. The summed E-state index contributed by atoms with van der Waals surface area (Å²) in [6, 6.07) is 17.3. The lowest BCUT2D eigenvalue weighted by Gasteiger charge is -2.13. The number of carbonyl (C=O) groups is 1. The average molecular weight is 284 g/mol. The van der Waals surface area contributed by atoms with E-state index in [1.165, 1.54) is 0 Å². The zero-order valence-corrected chi connectivity index (χ0v) is 12.4. The summed E-state index contributed by atoms with van der Waals surface area (Å²) in [5.41, 5.74) is 1.12. The van der Waals surface area contributed by atoms with Gasteiger partial charge in [-0.25, -0.2) is 0 Å².